The van der Waals surface area contributed by atoms with Crippen LogP contribution in [0, 0.1) is 0 Å². The Kier molecular flexibility index (Phi) is 9.50. The van der Waals surface area contributed by atoms with Gasteiger partial charge in [0.2, 0.25) is 0 Å². The van der Waals surface area contributed by atoms with Crippen molar-refractivity contribution in [2.75, 3.05) is 14.1 Å². The topological polar surface area (TPSA) is 20.3 Å². The van der Waals surface area contributed by atoms with Gasteiger partial charge in [0.15, 0.2) is 0 Å². The van der Waals surface area contributed by atoms with E-state index in [1.54, 1.807) is 6.92 Å². The van der Waals surface area contributed by atoms with E-state index in [0.29, 0.717) is 5.78 Å². The second-order valence-corrected chi connectivity index (χ2v) is 5.55. The first kappa shape index (κ1) is 18.1. The number of hydrogen-bond donors (Lipinski definition) is 0. The van der Waals surface area contributed by atoms with E-state index in [0.717, 1.165) is 51.4 Å². The van der Waals surface area contributed by atoms with Gasteiger partial charge in [-0.25, -0.2) is 0 Å². The fourth-order valence-corrected chi connectivity index (χ4v) is 2.65. The molecular weight excluding hydrogens is 234 g/mol. The molecule has 2 nitrogen and oxygen atoms in total. The number of carbonyl (C=O) groups is 1. The van der Waals surface area contributed by atoms with Crippen LogP contribution in [0.4, 0.5) is 0 Å². The van der Waals surface area contributed by atoms with Gasteiger partial charge in [0.1, 0.15) is 5.78 Å². The SMILES string of the molecule is C=CCCCCC(CCCCC=C)(C(C)=O)N(C)C. The first-order chi connectivity index (χ1) is 9.01. The largest absolute Gasteiger partial charge is 0.298 e. The highest BCUT2D eigenvalue weighted by Crippen LogP contribution is 2.28. The van der Waals surface area contributed by atoms with Crippen LogP contribution in [0.25, 0.3) is 0 Å². The second-order valence-electron chi connectivity index (χ2n) is 5.55. The Morgan fingerprint density at radius 3 is 1.68 bits per heavy atom. The fourth-order valence-electron chi connectivity index (χ4n) is 2.65. The average Bonchev–Trinajstić information content (AvgIpc) is 2.36. The first-order valence-electron chi connectivity index (χ1n) is 7.41. The van der Waals surface area contributed by atoms with Crippen LogP contribution in [-0.4, -0.2) is 30.3 Å². The van der Waals surface area contributed by atoms with E-state index in [1.165, 1.54) is 0 Å². The van der Waals surface area contributed by atoms with Gasteiger partial charge in [-0.3, -0.25) is 9.69 Å². The molecule has 0 radical (unpaired) electrons. The minimum absolute atomic E-state index is 0.275. The van der Waals surface area contributed by atoms with Gasteiger partial charge in [-0.2, -0.15) is 0 Å². The number of Topliss-reactive ketones (excluding diaryl/α,β-unsaturated/α-hetero) is 1. The molecule has 0 bridgehead atoms. The smallest absolute Gasteiger partial charge is 0.149 e. The number of ketones is 1. The van der Waals surface area contributed by atoms with Crippen molar-refractivity contribution in [2.24, 2.45) is 0 Å². The van der Waals surface area contributed by atoms with Gasteiger partial charge < -0.3 is 0 Å². The van der Waals surface area contributed by atoms with Crippen LogP contribution in [0.3, 0.4) is 0 Å². The lowest BCUT2D eigenvalue weighted by Gasteiger charge is -2.38. The van der Waals surface area contributed by atoms with Crippen LogP contribution in [0.2, 0.25) is 0 Å². The quantitative estimate of drug-likeness (QED) is 0.386. The lowest BCUT2D eigenvalue weighted by Crippen LogP contribution is -2.50. The van der Waals surface area contributed by atoms with Crippen molar-refractivity contribution in [1.82, 2.24) is 4.90 Å². The zero-order chi connectivity index (χ0) is 14.7. The molecule has 0 aliphatic rings. The fraction of sp³-hybridized carbons (Fsp3) is 0.706. The molecular formula is C17H31NO. The van der Waals surface area contributed by atoms with Crippen LogP contribution in [0.5, 0.6) is 0 Å². The van der Waals surface area contributed by atoms with E-state index in [9.17, 15) is 4.79 Å². The number of allylic oxidation sites excluding steroid dienone is 2. The predicted octanol–water partition coefficient (Wildman–Crippen LogP) is 4.37. The summed E-state index contributed by atoms with van der Waals surface area (Å²) in [7, 11) is 4.06. The number of rotatable bonds is 12. The lowest BCUT2D eigenvalue weighted by atomic mass is 9.82. The summed E-state index contributed by atoms with van der Waals surface area (Å²) < 4.78 is 0. The summed E-state index contributed by atoms with van der Waals surface area (Å²) in [6.45, 7) is 9.23. The monoisotopic (exact) mass is 265 g/mol. The van der Waals surface area contributed by atoms with E-state index in [-0.39, 0.29) is 5.54 Å². The van der Waals surface area contributed by atoms with Gasteiger partial charge in [-0.05, 0) is 59.5 Å². The molecule has 0 atom stereocenters. The van der Waals surface area contributed by atoms with Crippen molar-refractivity contribution in [2.45, 2.75) is 63.8 Å². The molecule has 0 N–H and O–H groups in total. The Bertz CT molecular complexity index is 265. The zero-order valence-electron chi connectivity index (χ0n) is 13.1. The number of nitrogens with zero attached hydrogens (tertiary/aromatic N) is 1. The summed E-state index contributed by atoms with van der Waals surface area (Å²) in [6.07, 6.45) is 12.3. The van der Waals surface area contributed by atoms with E-state index in [2.05, 4.69) is 18.1 Å². The molecule has 0 unspecified atom stereocenters. The molecule has 0 aromatic carbocycles. The summed E-state index contributed by atoms with van der Waals surface area (Å²) in [5.74, 6) is 0.301. The summed E-state index contributed by atoms with van der Waals surface area (Å²) in [5.41, 5.74) is -0.275. The van der Waals surface area contributed by atoms with Crippen molar-refractivity contribution in [1.29, 1.82) is 0 Å². The Balaban J connectivity index is 4.54. The first-order valence-corrected chi connectivity index (χ1v) is 7.41. The van der Waals surface area contributed by atoms with Crippen LogP contribution in [0.1, 0.15) is 58.3 Å². The molecule has 19 heavy (non-hydrogen) atoms. The molecule has 0 rings (SSSR count). The third-order valence-corrected chi connectivity index (χ3v) is 4.01. The molecule has 0 spiro atoms. The Hall–Kier alpha value is -0.890. The van der Waals surface area contributed by atoms with Crippen LogP contribution in [0.15, 0.2) is 25.3 Å². The third-order valence-electron chi connectivity index (χ3n) is 4.01. The van der Waals surface area contributed by atoms with Crippen LogP contribution < -0.4 is 0 Å². The maximum atomic E-state index is 12.2. The zero-order valence-corrected chi connectivity index (χ0v) is 13.1. The Morgan fingerprint density at radius 2 is 1.42 bits per heavy atom. The van der Waals surface area contributed by atoms with Gasteiger partial charge in [0, 0.05) is 0 Å². The van der Waals surface area contributed by atoms with Gasteiger partial charge in [0.05, 0.1) is 5.54 Å². The van der Waals surface area contributed by atoms with Gasteiger partial charge in [-0.15, -0.1) is 13.2 Å². The highest BCUT2D eigenvalue weighted by molar-refractivity contribution is 5.86. The summed E-state index contributed by atoms with van der Waals surface area (Å²) >= 11 is 0. The highest BCUT2D eigenvalue weighted by Gasteiger charge is 2.36. The molecule has 0 aromatic heterocycles. The van der Waals surface area contributed by atoms with Crippen LogP contribution in [-0.2, 0) is 4.79 Å². The van der Waals surface area contributed by atoms with E-state index in [1.807, 2.05) is 26.2 Å². The van der Waals surface area contributed by atoms with E-state index >= 15 is 0 Å². The molecule has 2 heteroatoms. The molecule has 0 aliphatic carbocycles. The molecule has 0 heterocycles. The molecule has 0 saturated carbocycles. The molecule has 0 amide bonds. The minimum atomic E-state index is -0.275. The van der Waals surface area contributed by atoms with Gasteiger partial charge >= 0.3 is 0 Å². The second kappa shape index (κ2) is 9.96. The standard InChI is InChI=1S/C17H31NO/c1-6-8-10-12-14-17(16(3)19,18(4)5)15-13-11-9-7-2/h6-7H,1-2,8-15H2,3-5H3. The number of hydrogen-bond acceptors (Lipinski definition) is 2. The predicted molar refractivity (Wildman–Crippen MR) is 84.4 cm³/mol. The van der Waals surface area contributed by atoms with E-state index < -0.39 is 0 Å². The molecule has 0 fully saturated rings. The third kappa shape index (κ3) is 6.20. The van der Waals surface area contributed by atoms with Gasteiger partial charge in [-0.1, -0.05) is 25.0 Å². The summed E-state index contributed by atoms with van der Waals surface area (Å²) in [6, 6.07) is 0. The van der Waals surface area contributed by atoms with E-state index in [4.69, 9.17) is 0 Å². The Morgan fingerprint density at radius 1 is 1.00 bits per heavy atom. The van der Waals surface area contributed by atoms with Crippen molar-refractivity contribution in [3.63, 3.8) is 0 Å². The van der Waals surface area contributed by atoms with Crippen molar-refractivity contribution in [3.05, 3.63) is 25.3 Å². The summed E-state index contributed by atoms with van der Waals surface area (Å²) in [5, 5.41) is 0. The molecule has 0 aliphatic heterocycles. The molecule has 0 aromatic rings. The van der Waals surface area contributed by atoms with Crippen LogP contribution >= 0.6 is 0 Å². The number of carbonyl (C=O) groups excluding carboxylic acids is 1. The minimum Gasteiger partial charge on any atom is -0.298 e. The lowest BCUT2D eigenvalue weighted by molar-refractivity contribution is -0.128. The maximum absolute atomic E-state index is 12.2. The van der Waals surface area contributed by atoms with Crippen molar-refractivity contribution >= 4 is 5.78 Å². The maximum Gasteiger partial charge on any atom is 0.149 e. The Labute approximate surface area is 119 Å². The normalized spacial score (nSPS) is 11.6. The van der Waals surface area contributed by atoms with Gasteiger partial charge in [0.25, 0.3) is 0 Å². The molecule has 0 saturated heterocycles. The van der Waals surface area contributed by atoms with Crippen molar-refractivity contribution < 1.29 is 4.79 Å². The average molecular weight is 265 g/mol. The molecule has 110 valence electrons. The highest BCUT2D eigenvalue weighted by atomic mass is 16.1. The van der Waals surface area contributed by atoms with Crippen molar-refractivity contribution in [3.8, 4) is 0 Å². The number of likely N-dealkylation sites (N-methyl/N-ethyl adjacent to an activating group) is 1. The summed E-state index contributed by atoms with van der Waals surface area (Å²) in [4.78, 5) is 14.3. The number of unbranched alkanes of at least 4 members (excludes halogenated alkanes) is 4.